The van der Waals surface area contributed by atoms with Gasteiger partial charge >= 0.3 is 6.18 Å². The lowest BCUT2D eigenvalue weighted by Crippen LogP contribution is -2.24. The minimum atomic E-state index is -4.56. The molecule has 2 heterocycles. The van der Waals surface area contributed by atoms with Crippen LogP contribution in [-0.4, -0.2) is 42.5 Å². The molecule has 0 fully saturated rings. The number of hydrogen-bond donors (Lipinski definition) is 2. The van der Waals surface area contributed by atoms with E-state index in [0.717, 1.165) is 29.5 Å². The normalized spacial score (nSPS) is 11.4. The Hall–Kier alpha value is -3.78. The van der Waals surface area contributed by atoms with E-state index in [4.69, 9.17) is 0 Å². The number of carbonyl (C=O) groups is 2. The van der Waals surface area contributed by atoms with Crippen LogP contribution in [0.25, 0.3) is 5.69 Å². The van der Waals surface area contributed by atoms with E-state index in [2.05, 4.69) is 31.0 Å². The summed E-state index contributed by atoms with van der Waals surface area (Å²) in [6.07, 6.45) is -4.56. The van der Waals surface area contributed by atoms with Gasteiger partial charge in [-0.1, -0.05) is 46.9 Å². The largest absolute Gasteiger partial charge is 0.416 e. The first-order chi connectivity index (χ1) is 17.6. The maximum Gasteiger partial charge on any atom is 0.416 e. The number of halogens is 3. The molecular formula is C23H20F3N7O2S2. The molecular weight excluding hydrogens is 527 g/mol. The van der Waals surface area contributed by atoms with Crippen molar-refractivity contribution in [3.05, 3.63) is 76.1 Å². The van der Waals surface area contributed by atoms with E-state index in [9.17, 15) is 22.8 Å². The molecule has 0 aliphatic rings. The summed E-state index contributed by atoms with van der Waals surface area (Å²) in [6.45, 7) is 3.50. The van der Waals surface area contributed by atoms with E-state index in [-0.39, 0.29) is 34.9 Å². The third kappa shape index (κ3) is 6.71. The number of hydrogen-bond acceptors (Lipinski definition) is 8. The summed E-state index contributed by atoms with van der Waals surface area (Å²) in [5.41, 5.74) is 0.625. The van der Waals surface area contributed by atoms with E-state index in [1.54, 1.807) is 25.1 Å². The van der Waals surface area contributed by atoms with Crippen LogP contribution in [0.2, 0.25) is 0 Å². The van der Waals surface area contributed by atoms with E-state index in [1.165, 1.54) is 28.0 Å². The van der Waals surface area contributed by atoms with Crippen molar-refractivity contribution in [1.29, 1.82) is 0 Å². The van der Waals surface area contributed by atoms with E-state index in [0.29, 0.717) is 15.7 Å². The lowest BCUT2D eigenvalue weighted by molar-refractivity contribution is -0.137. The summed E-state index contributed by atoms with van der Waals surface area (Å²) in [6, 6.07) is 11.6. The zero-order valence-corrected chi connectivity index (χ0v) is 21.2. The molecule has 0 saturated carbocycles. The van der Waals surface area contributed by atoms with Crippen molar-refractivity contribution in [3.63, 3.8) is 0 Å². The van der Waals surface area contributed by atoms with Gasteiger partial charge in [-0.3, -0.25) is 19.5 Å². The molecule has 2 aromatic heterocycles. The summed E-state index contributed by atoms with van der Waals surface area (Å²) >= 11 is 2.19. The van der Waals surface area contributed by atoms with Crippen LogP contribution < -0.4 is 10.6 Å². The highest BCUT2D eigenvalue weighted by atomic mass is 32.2. The van der Waals surface area contributed by atoms with Crippen LogP contribution in [0.3, 0.4) is 0 Å². The van der Waals surface area contributed by atoms with Crippen LogP contribution in [0.5, 0.6) is 0 Å². The molecule has 0 saturated heterocycles. The average molecular weight is 548 g/mol. The lowest BCUT2D eigenvalue weighted by Gasteiger charge is -2.13. The zero-order valence-electron chi connectivity index (χ0n) is 19.5. The number of benzene rings is 2. The molecule has 0 atom stereocenters. The Balaban J connectivity index is 1.57. The fourth-order valence-electron chi connectivity index (χ4n) is 3.27. The molecule has 4 rings (SSSR count). The quantitative estimate of drug-likeness (QED) is 0.314. The molecule has 0 aliphatic carbocycles. The van der Waals surface area contributed by atoms with Crippen molar-refractivity contribution >= 4 is 40.0 Å². The van der Waals surface area contributed by atoms with Gasteiger partial charge in [-0.25, -0.2) is 0 Å². The molecule has 0 unspecified atom stereocenters. The van der Waals surface area contributed by atoms with Gasteiger partial charge < -0.3 is 5.32 Å². The Labute approximate surface area is 217 Å². The standard InChI is InChI=1S/C23H20F3N7O2S2/c1-13-5-3-6-15(9-13)20(35)27-11-18-30-32-22(36-12-19(34)28-21-31-29-14(2)37-21)33(18)17-8-4-7-16(10-17)23(24,25)26/h3-10H,11-12H2,1-2H3,(H,27,35)(H,28,31,34). The van der Waals surface area contributed by atoms with Gasteiger partial charge in [0.2, 0.25) is 11.0 Å². The van der Waals surface area contributed by atoms with Gasteiger partial charge in [-0.15, -0.1) is 20.4 Å². The van der Waals surface area contributed by atoms with Gasteiger partial charge in [-0.2, -0.15) is 13.2 Å². The SMILES string of the molecule is Cc1cccc(C(=O)NCc2nnc(SCC(=O)Nc3nnc(C)s3)n2-c2cccc(C(F)(F)F)c2)c1. The number of alkyl halides is 3. The molecule has 0 bridgehead atoms. The molecule has 2 amide bonds. The monoisotopic (exact) mass is 547 g/mol. The van der Waals surface area contributed by atoms with Crippen LogP contribution in [0.4, 0.5) is 18.3 Å². The van der Waals surface area contributed by atoms with Crippen LogP contribution in [0.1, 0.15) is 32.3 Å². The molecule has 0 aliphatic heterocycles. The topological polar surface area (TPSA) is 115 Å². The maximum absolute atomic E-state index is 13.4. The number of thioether (sulfide) groups is 1. The van der Waals surface area contributed by atoms with Gasteiger partial charge in [0.05, 0.1) is 23.5 Å². The van der Waals surface area contributed by atoms with Gasteiger partial charge in [0.1, 0.15) is 5.01 Å². The van der Waals surface area contributed by atoms with E-state index >= 15 is 0 Å². The van der Waals surface area contributed by atoms with Crippen molar-refractivity contribution in [2.75, 3.05) is 11.1 Å². The van der Waals surface area contributed by atoms with Crippen molar-refractivity contribution in [2.45, 2.75) is 31.7 Å². The minimum Gasteiger partial charge on any atom is -0.345 e. The van der Waals surface area contributed by atoms with Gasteiger partial charge in [-0.05, 0) is 44.2 Å². The fraction of sp³-hybridized carbons (Fsp3) is 0.217. The fourth-order valence-corrected chi connectivity index (χ4v) is 4.65. The first kappa shape index (κ1) is 26.3. The lowest BCUT2D eigenvalue weighted by atomic mass is 10.1. The number of aryl methyl sites for hydroxylation is 2. The predicted molar refractivity (Wildman–Crippen MR) is 133 cm³/mol. The number of amides is 2. The van der Waals surface area contributed by atoms with Crippen molar-refractivity contribution < 1.29 is 22.8 Å². The van der Waals surface area contributed by atoms with Crippen LogP contribution in [0, 0.1) is 13.8 Å². The molecule has 9 nitrogen and oxygen atoms in total. The summed E-state index contributed by atoms with van der Waals surface area (Å²) in [5.74, 6) is -0.675. The zero-order chi connectivity index (χ0) is 26.6. The number of anilines is 1. The molecule has 14 heteroatoms. The number of nitrogens with zero attached hydrogens (tertiary/aromatic N) is 5. The molecule has 4 aromatic rings. The Morgan fingerprint density at radius 3 is 2.51 bits per heavy atom. The highest BCUT2D eigenvalue weighted by molar-refractivity contribution is 7.99. The Morgan fingerprint density at radius 2 is 1.81 bits per heavy atom. The Kier molecular flexibility index (Phi) is 7.88. The highest BCUT2D eigenvalue weighted by Crippen LogP contribution is 2.31. The van der Waals surface area contributed by atoms with E-state index in [1.807, 2.05) is 13.0 Å². The summed E-state index contributed by atoms with van der Waals surface area (Å²) in [4.78, 5) is 25.0. The molecule has 0 spiro atoms. The summed E-state index contributed by atoms with van der Waals surface area (Å²) in [7, 11) is 0. The molecule has 0 radical (unpaired) electrons. The maximum atomic E-state index is 13.4. The summed E-state index contributed by atoms with van der Waals surface area (Å²) < 4.78 is 41.5. The molecule has 192 valence electrons. The van der Waals surface area contributed by atoms with Gasteiger partial charge in [0, 0.05) is 5.56 Å². The molecule has 2 aromatic carbocycles. The average Bonchev–Trinajstić information content (AvgIpc) is 3.46. The molecule has 2 N–H and O–H groups in total. The Bertz CT molecular complexity index is 1440. The Morgan fingerprint density at radius 1 is 1.03 bits per heavy atom. The second kappa shape index (κ2) is 11.1. The van der Waals surface area contributed by atoms with E-state index < -0.39 is 17.6 Å². The smallest absolute Gasteiger partial charge is 0.345 e. The van der Waals surface area contributed by atoms with Crippen LogP contribution >= 0.6 is 23.1 Å². The first-order valence-electron chi connectivity index (χ1n) is 10.8. The summed E-state index contributed by atoms with van der Waals surface area (Å²) in [5, 5.41) is 22.3. The third-order valence-electron chi connectivity index (χ3n) is 4.92. The van der Waals surface area contributed by atoms with Crippen molar-refractivity contribution in [3.8, 4) is 5.69 Å². The van der Waals surface area contributed by atoms with Crippen LogP contribution in [0.15, 0.2) is 53.7 Å². The van der Waals surface area contributed by atoms with Crippen molar-refractivity contribution in [1.82, 2.24) is 30.3 Å². The minimum absolute atomic E-state index is 0.104. The third-order valence-corrected chi connectivity index (χ3v) is 6.61. The molecule has 37 heavy (non-hydrogen) atoms. The number of nitrogens with one attached hydrogen (secondary N) is 2. The highest BCUT2D eigenvalue weighted by Gasteiger charge is 2.31. The second-order valence-corrected chi connectivity index (χ2v) is 9.92. The van der Waals surface area contributed by atoms with Crippen LogP contribution in [-0.2, 0) is 17.5 Å². The first-order valence-corrected chi connectivity index (χ1v) is 12.6. The predicted octanol–water partition coefficient (Wildman–Crippen LogP) is 4.42. The van der Waals surface area contributed by atoms with Gasteiger partial charge in [0.25, 0.3) is 5.91 Å². The van der Waals surface area contributed by atoms with Gasteiger partial charge in [0.15, 0.2) is 11.0 Å². The number of rotatable bonds is 8. The number of carbonyl (C=O) groups excluding carboxylic acids is 2. The number of aromatic nitrogens is 5. The second-order valence-electron chi connectivity index (χ2n) is 7.80. The van der Waals surface area contributed by atoms with Crippen molar-refractivity contribution in [2.24, 2.45) is 0 Å².